The molecular weight excluding hydrogens is 216 g/mol. The zero-order valence-corrected chi connectivity index (χ0v) is 10.0. The third-order valence-corrected chi connectivity index (χ3v) is 2.96. The SMILES string of the molecule is CC1CN(C(=O)CN)CC(c2ccccc2)O1. The average Bonchev–Trinajstić information content (AvgIpc) is 2.38. The molecule has 2 N–H and O–H groups in total. The van der Waals surface area contributed by atoms with E-state index < -0.39 is 0 Å². The maximum atomic E-state index is 11.6. The minimum Gasteiger partial charge on any atom is -0.367 e. The number of rotatable bonds is 2. The highest BCUT2D eigenvalue weighted by Gasteiger charge is 2.28. The van der Waals surface area contributed by atoms with Gasteiger partial charge in [-0.25, -0.2) is 0 Å². The number of benzene rings is 1. The minimum absolute atomic E-state index is 0.0129. The first-order chi connectivity index (χ1) is 8.20. The molecule has 2 atom stereocenters. The third-order valence-electron chi connectivity index (χ3n) is 2.96. The largest absolute Gasteiger partial charge is 0.367 e. The van der Waals surface area contributed by atoms with Gasteiger partial charge in [-0.15, -0.1) is 0 Å². The number of ether oxygens (including phenoxy) is 1. The molecular formula is C13H18N2O2. The van der Waals surface area contributed by atoms with Crippen LogP contribution in [0.3, 0.4) is 0 Å². The number of morpholine rings is 1. The summed E-state index contributed by atoms with van der Waals surface area (Å²) in [7, 11) is 0. The third kappa shape index (κ3) is 2.84. The number of carbonyl (C=O) groups excluding carboxylic acids is 1. The van der Waals surface area contributed by atoms with E-state index >= 15 is 0 Å². The molecule has 0 radical (unpaired) electrons. The Labute approximate surface area is 101 Å². The van der Waals surface area contributed by atoms with Gasteiger partial charge < -0.3 is 15.4 Å². The summed E-state index contributed by atoms with van der Waals surface area (Å²) >= 11 is 0. The second kappa shape index (κ2) is 5.29. The molecule has 0 aliphatic carbocycles. The van der Waals surface area contributed by atoms with Gasteiger partial charge in [0.15, 0.2) is 0 Å². The lowest BCUT2D eigenvalue weighted by Gasteiger charge is -2.36. The lowest BCUT2D eigenvalue weighted by atomic mass is 10.1. The topological polar surface area (TPSA) is 55.6 Å². The normalized spacial score (nSPS) is 24.7. The fourth-order valence-electron chi connectivity index (χ4n) is 2.14. The van der Waals surface area contributed by atoms with Gasteiger partial charge in [-0.3, -0.25) is 4.79 Å². The van der Waals surface area contributed by atoms with E-state index in [9.17, 15) is 4.79 Å². The lowest BCUT2D eigenvalue weighted by Crippen LogP contribution is -2.47. The lowest BCUT2D eigenvalue weighted by molar-refractivity contribution is -0.143. The summed E-state index contributed by atoms with van der Waals surface area (Å²) in [4.78, 5) is 13.4. The van der Waals surface area contributed by atoms with Crippen LogP contribution in [0.25, 0.3) is 0 Å². The van der Waals surface area contributed by atoms with Gasteiger partial charge in [0.1, 0.15) is 6.10 Å². The van der Waals surface area contributed by atoms with Crippen molar-refractivity contribution in [1.82, 2.24) is 4.90 Å². The highest BCUT2D eigenvalue weighted by atomic mass is 16.5. The molecule has 1 fully saturated rings. The number of amides is 1. The first kappa shape index (κ1) is 12.1. The zero-order valence-electron chi connectivity index (χ0n) is 10.0. The zero-order chi connectivity index (χ0) is 12.3. The van der Waals surface area contributed by atoms with Gasteiger partial charge in [0.25, 0.3) is 0 Å². The molecule has 1 aliphatic heterocycles. The van der Waals surface area contributed by atoms with Crippen LogP contribution in [0.5, 0.6) is 0 Å². The van der Waals surface area contributed by atoms with Crippen molar-refractivity contribution in [1.29, 1.82) is 0 Å². The molecule has 1 saturated heterocycles. The molecule has 4 heteroatoms. The summed E-state index contributed by atoms with van der Waals surface area (Å²) < 4.78 is 5.86. The van der Waals surface area contributed by atoms with Crippen LogP contribution in [0.2, 0.25) is 0 Å². The molecule has 1 heterocycles. The molecule has 2 rings (SSSR count). The van der Waals surface area contributed by atoms with Gasteiger partial charge in [0, 0.05) is 6.54 Å². The first-order valence-corrected chi connectivity index (χ1v) is 5.89. The van der Waals surface area contributed by atoms with Crippen molar-refractivity contribution in [2.75, 3.05) is 19.6 Å². The Morgan fingerprint density at radius 3 is 2.76 bits per heavy atom. The fourth-order valence-corrected chi connectivity index (χ4v) is 2.14. The van der Waals surface area contributed by atoms with Crippen molar-refractivity contribution in [2.24, 2.45) is 5.73 Å². The Morgan fingerprint density at radius 1 is 1.41 bits per heavy atom. The molecule has 0 aromatic heterocycles. The van der Waals surface area contributed by atoms with Crippen LogP contribution in [0.1, 0.15) is 18.6 Å². The summed E-state index contributed by atoms with van der Waals surface area (Å²) in [6, 6.07) is 9.97. The molecule has 2 unspecified atom stereocenters. The van der Waals surface area contributed by atoms with E-state index in [2.05, 4.69) is 0 Å². The minimum atomic E-state index is -0.0459. The molecule has 1 aliphatic rings. The van der Waals surface area contributed by atoms with Gasteiger partial charge in [0.05, 0.1) is 19.2 Å². The van der Waals surface area contributed by atoms with E-state index in [0.29, 0.717) is 13.1 Å². The molecule has 17 heavy (non-hydrogen) atoms. The standard InChI is InChI=1S/C13H18N2O2/c1-10-8-15(13(16)7-14)9-12(17-10)11-5-3-2-4-6-11/h2-6,10,12H,7-9,14H2,1H3. The van der Waals surface area contributed by atoms with Crippen molar-refractivity contribution in [3.05, 3.63) is 35.9 Å². The van der Waals surface area contributed by atoms with Crippen molar-refractivity contribution >= 4 is 5.91 Å². The monoisotopic (exact) mass is 234 g/mol. The highest BCUT2D eigenvalue weighted by Crippen LogP contribution is 2.24. The van der Waals surface area contributed by atoms with Crippen molar-refractivity contribution in [3.63, 3.8) is 0 Å². The molecule has 0 saturated carbocycles. The van der Waals surface area contributed by atoms with Gasteiger partial charge >= 0.3 is 0 Å². The van der Waals surface area contributed by atoms with E-state index in [4.69, 9.17) is 10.5 Å². The highest BCUT2D eigenvalue weighted by molar-refractivity contribution is 5.78. The second-order valence-electron chi connectivity index (χ2n) is 4.35. The Hall–Kier alpha value is -1.39. The van der Waals surface area contributed by atoms with E-state index in [1.807, 2.05) is 37.3 Å². The Morgan fingerprint density at radius 2 is 2.12 bits per heavy atom. The predicted octanol–water partition coefficient (Wildman–Crippen LogP) is 0.934. The summed E-state index contributed by atoms with van der Waals surface area (Å²) in [6.07, 6.45) is -0.0000869. The summed E-state index contributed by atoms with van der Waals surface area (Å²) in [5.41, 5.74) is 6.51. The van der Waals surface area contributed by atoms with Crippen LogP contribution in [-0.2, 0) is 9.53 Å². The predicted molar refractivity (Wildman–Crippen MR) is 65.4 cm³/mol. The molecule has 1 aromatic rings. The number of hydrogen-bond donors (Lipinski definition) is 1. The first-order valence-electron chi connectivity index (χ1n) is 5.89. The number of nitrogens with two attached hydrogens (primary N) is 1. The quantitative estimate of drug-likeness (QED) is 0.828. The van der Waals surface area contributed by atoms with Crippen LogP contribution in [-0.4, -0.2) is 36.5 Å². The van der Waals surface area contributed by atoms with Crippen molar-refractivity contribution in [3.8, 4) is 0 Å². The molecule has 4 nitrogen and oxygen atoms in total. The maximum absolute atomic E-state index is 11.6. The Bertz CT molecular complexity index is 380. The number of nitrogens with zero attached hydrogens (tertiary/aromatic N) is 1. The van der Waals surface area contributed by atoms with Crippen LogP contribution in [0.15, 0.2) is 30.3 Å². The Kier molecular flexibility index (Phi) is 3.76. The van der Waals surface area contributed by atoms with E-state index in [0.717, 1.165) is 5.56 Å². The molecule has 1 aromatic carbocycles. The van der Waals surface area contributed by atoms with Crippen LogP contribution >= 0.6 is 0 Å². The molecule has 0 spiro atoms. The van der Waals surface area contributed by atoms with E-state index in [1.54, 1.807) is 4.90 Å². The number of carbonyl (C=O) groups is 1. The fraction of sp³-hybridized carbons (Fsp3) is 0.462. The van der Waals surface area contributed by atoms with Crippen LogP contribution in [0, 0.1) is 0 Å². The molecule has 0 bridgehead atoms. The van der Waals surface area contributed by atoms with Gasteiger partial charge in [0.2, 0.25) is 5.91 Å². The molecule has 92 valence electrons. The average molecular weight is 234 g/mol. The van der Waals surface area contributed by atoms with Gasteiger partial charge in [-0.2, -0.15) is 0 Å². The van der Waals surface area contributed by atoms with Crippen molar-refractivity contribution < 1.29 is 9.53 Å². The van der Waals surface area contributed by atoms with E-state index in [1.165, 1.54) is 0 Å². The number of hydrogen-bond acceptors (Lipinski definition) is 3. The van der Waals surface area contributed by atoms with Crippen LogP contribution < -0.4 is 5.73 Å². The van der Waals surface area contributed by atoms with Crippen molar-refractivity contribution in [2.45, 2.75) is 19.1 Å². The van der Waals surface area contributed by atoms with Crippen LogP contribution in [0.4, 0.5) is 0 Å². The summed E-state index contributed by atoms with van der Waals surface area (Å²) in [5, 5.41) is 0. The van der Waals surface area contributed by atoms with Gasteiger partial charge in [-0.05, 0) is 12.5 Å². The smallest absolute Gasteiger partial charge is 0.236 e. The Balaban J connectivity index is 2.11. The second-order valence-corrected chi connectivity index (χ2v) is 4.35. The maximum Gasteiger partial charge on any atom is 0.236 e. The molecule has 1 amide bonds. The van der Waals surface area contributed by atoms with E-state index in [-0.39, 0.29) is 24.7 Å². The summed E-state index contributed by atoms with van der Waals surface area (Å²) in [6.45, 7) is 3.25. The summed E-state index contributed by atoms with van der Waals surface area (Å²) in [5.74, 6) is -0.0129. The van der Waals surface area contributed by atoms with Gasteiger partial charge in [-0.1, -0.05) is 30.3 Å².